The maximum absolute atomic E-state index is 12.7. The highest BCUT2D eigenvalue weighted by Gasteiger charge is 2.41. The van der Waals surface area contributed by atoms with E-state index in [9.17, 15) is 9.59 Å². The van der Waals surface area contributed by atoms with Crippen molar-refractivity contribution in [1.82, 2.24) is 0 Å². The van der Waals surface area contributed by atoms with Crippen molar-refractivity contribution in [3.8, 4) is 12.3 Å². The molecule has 5 heteroatoms. The number of anilines is 1. The monoisotopic (exact) mass is 299 g/mol. The number of carbonyl (C=O) groups is 2. The first-order chi connectivity index (χ1) is 10.7. The van der Waals surface area contributed by atoms with E-state index in [4.69, 9.17) is 15.9 Å². The minimum Gasteiger partial charge on any atom is -0.488 e. The third-order valence-corrected chi connectivity index (χ3v) is 3.48. The van der Waals surface area contributed by atoms with Gasteiger partial charge < -0.3 is 14.4 Å². The largest absolute Gasteiger partial charge is 0.488 e. The Kier molecular flexibility index (Phi) is 4.84. The van der Waals surface area contributed by atoms with Crippen LogP contribution in [0.3, 0.4) is 0 Å². The van der Waals surface area contributed by atoms with Gasteiger partial charge in [-0.2, -0.15) is 0 Å². The summed E-state index contributed by atoms with van der Waals surface area (Å²) >= 11 is 0. The second kappa shape index (κ2) is 6.81. The lowest BCUT2D eigenvalue weighted by molar-refractivity contribution is -0.137. The Bertz CT molecular complexity index is 657. The van der Waals surface area contributed by atoms with Crippen molar-refractivity contribution < 1.29 is 19.1 Å². The smallest absolute Gasteiger partial charge is 0.338 e. The average Bonchev–Trinajstić information content (AvgIpc) is 2.82. The number of para-hydroxylation sites is 1. The maximum Gasteiger partial charge on any atom is 0.338 e. The van der Waals surface area contributed by atoms with Crippen LogP contribution >= 0.6 is 0 Å². The van der Waals surface area contributed by atoms with Crippen molar-refractivity contribution in [3.63, 3.8) is 0 Å². The summed E-state index contributed by atoms with van der Waals surface area (Å²) in [5, 5.41) is 0. The van der Waals surface area contributed by atoms with Crippen molar-refractivity contribution >= 4 is 17.6 Å². The maximum atomic E-state index is 12.7. The Morgan fingerprint density at radius 2 is 2.18 bits per heavy atom. The number of hydrogen-bond donors (Lipinski definition) is 0. The summed E-state index contributed by atoms with van der Waals surface area (Å²) in [6, 6.07) is 7.36. The molecule has 5 nitrogen and oxygen atoms in total. The number of terminal acetylenes is 1. The summed E-state index contributed by atoms with van der Waals surface area (Å²) in [4.78, 5) is 26.4. The van der Waals surface area contributed by atoms with Gasteiger partial charge in [0.2, 0.25) is 5.91 Å². The summed E-state index contributed by atoms with van der Waals surface area (Å²) in [6.45, 7) is 2.42. The van der Waals surface area contributed by atoms with Crippen molar-refractivity contribution in [2.45, 2.75) is 12.8 Å². The average molecular weight is 299 g/mol. The molecule has 0 radical (unpaired) electrons. The predicted molar refractivity (Wildman–Crippen MR) is 82.1 cm³/mol. The molecule has 1 amide bonds. The van der Waals surface area contributed by atoms with Gasteiger partial charge in [-0.05, 0) is 18.6 Å². The Hall–Kier alpha value is -2.74. The molecule has 0 aliphatic carbocycles. The molecular formula is C17H17NO4. The topological polar surface area (TPSA) is 55.8 Å². The van der Waals surface area contributed by atoms with E-state index in [0.29, 0.717) is 6.54 Å². The number of fused-ring (bicyclic) bond motifs is 1. The van der Waals surface area contributed by atoms with Crippen LogP contribution in [-0.4, -0.2) is 32.1 Å². The summed E-state index contributed by atoms with van der Waals surface area (Å²) in [7, 11) is 1.26. The van der Waals surface area contributed by atoms with Gasteiger partial charge in [-0.15, -0.1) is 6.42 Å². The second-order valence-electron chi connectivity index (χ2n) is 4.65. The van der Waals surface area contributed by atoms with Crippen LogP contribution in [0.5, 0.6) is 0 Å². The zero-order chi connectivity index (χ0) is 16.1. The molecule has 2 rings (SSSR count). The van der Waals surface area contributed by atoms with Crippen LogP contribution < -0.4 is 4.90 Å². The molecule has 0 saturated heterocycles. The number of methoxy groups -OCH3 is 1. The van der Waals surface area contributed by atoms with Crippen LogP contribution in [0.2, 0.25) is 0 Å². The standard InChI is InChI=1S/C17H17NO4/c1-4-10-22-11-13(17(20)21-3)15-12-8-6-7-9-14(12)18(5-2)16(15)19/h1,6-9,11,15H,5,10H2,2-3H3/b13-11+. The molecule has 0 bridgehead atoms. The minimum atomic E-state index is -0.735. The lowest BCUT2D eigenvalue weighted by atomic mass is 9.93. The number of carbonyl (C=O) groups excluding carboxylic acids is 2. The van der Waals surface area contributed by atoms with E-state index in [1.807, 2.05) is 31.2 Å². The molecule has 1 aliphatic rings. The van der Waals surface area contributed by atoms with Crippen molar-refractivity contribution in [2.24, 2.45) is 0 Å². The van der Waals surface area contributed by atoms with Crippen LogP contribution in [0.1, 0.15) is 18.4 Å². The molecule has 0 spiro atoms. The molecular weight excluding hydrogens is 282 g/mol. The van der Waals surface area contributed by atoms with E-state index in [1.165, 1.54) is 13.4 Å². The first-order valence-corrected chi connectivity index (χ1v) is 6.89. The van der Waals surface area contributed by atoms with Gasteiger partial charge in [0.1, 0.15) is 12.5 Å². The number of esters is 1. The lowest BCUT2D eigenvalue weighted by Crippen LogP contribution is -2.30. The fraction of sp³-hybridized carbons (Fsp3) is 0.294. The van der Waals surface area contributed by atoms with E-state index >= 15 is 0 Å². The molecule has 1 unspecified atom stereocenters. The van der Waals surface area contributed by atoms with Crippen LogP contribution in [-0.2, 0) is 19.1 Å². The highest BCUT2D eigenvalue weighted by molar-refractivity contribution is 6.11. The predicted octanol–water partition coefficient (Wildman–Crippen LogP) is 1.84. The zero-order valence-electron chi connectivity index (χ0n) is 12.5. The van der Waals surface area contributed by atoms with E-state index in [-0.39, 0.29) is 18.1 Å². The highest BCUT2D eigenvalue weighted by Crippen LogP contribution is 2.41. The number of nitrogens with zero attached hydrogens (tertiary/aromatic N) is 1. The van der Waals surface area contributed by atoms with E-state index in [0.717, 1.165) is 11.3 Å². The molecule has 1 aliphatic heterocycles. The van der Waals surface area contributed by atoms with Gasteiger partial charge in [-0.1, -0.05) is 24.1 Å². The van der Waals surface area contributed by atoms with Gasteiger partial charge in [-0.25, -0.2) is 4.79 Å². The van der Waals surface area contributed by atoms with Gasteiger partial charge in [-0.3, -0.25) is 4.79 Å². The second-order valence-corrected chi connectivity index (χ2v) is 4.65. The number of hydrogen-bond acceptors (Lipinski definition) is 4. The molecule has 1 aromatic carbocycles. The van der Waals surface area contributed by atoms with E-state index in [1.54, 1.807) is 4.90 Å². The van der Waals surface area contributed by atoms with Gasteiger partial charge in [0, 0.05) is 12.2 Å². The number of benzene rings is 1. The minimum absolute atomic E-state index is 0.0144. The zero-order valence-corrected chi connectivity index (χ0v) is 12.5. The van der Waals surface area contributed by atoms with Crippen LogP contribution in [0, 0.1) is 12.3 Å². The Labute approximate surface area is 129 Å². The first-order valence-electron chi connectivity index (χ1n) is 6.89. The number of amides is 1. The van der Waals surface area contributed by atoms with Crippen LogP contribution in [0.15, 0.2) is 36.1 Å². The lowest BCUT2D eigenvalue weighted by Gasteiger charge is -2.16. The normalized spacial score (nSPS) is 17.0. The summed E-state index contributed by atoms with van der Waals surface area (Å²) in [5.74, 6) is 0.787. The quantitative estimate of drug-likeness (QED) is 0.274. The molecule has 1 atom stereocenters. The molecule has 0 fully saturated rings. The Morgan fingerprint density at radius 3 is 2.82 bits per heavy atom. The van der Waals surface area contributed by atoms with E-state index in [2.05, 4.69) is 5.92 Å². The Balaban J connectivity index is 2.48. The summed E-state index contributed by atoms with van der Waals surface area (Å²) in [5.41, 5.74) is 1.70. The molecule has 22 heavy (non-hydrogen) atoms. The summed E-state index contributed by atoms with van der Waals surface area (Å²) < 4.78 is 9.92. The molecule has 1 heterocycles. The molecule has 0 saturated carbocycles. The number of ether oxygens (including phenoxy) is 2. The Morgan fingerprint density at radius 1 is 1.45 bits per heavy atom. The third-order valence-electron chi connectivity index (χ3n) is 3.48. The number of likely N-dealkylation sites (N-methyl/N-ethyl adjacent to an activating group) is 1. The van der Waals surface area contributed by atoms with Crippen LogP contribution in [0.4, 0.5) is 5.69 Å². The van der Waals surface area contributed by atoms with E-state index < -0.39 is 11.9 Å². The SMILES string of the molecule is C#CCO/C=C(/C(=O)OC)C1C(=O)N(CC)c2ccccc21. The van der Waals surface area contributed by atoms with Gasteiger partial charge in [0.05, 0.1) is 18.9 Å². The summed E-state index contributed by atoms with van der Waals surface area (Å²) in [6.07, 6.45) is 6.36. The fourth-order valence-corrected chi connectivity index (χ4v) is 2.54. The van der Waals surface area contributed by atoms with Gasteiger partial charge in [0.15, 0.2) is 0 Å². The van der Waals surface area contributed by atoms with Crippen molar-refractivity contribution in [1.29, 1.82) is 0 Å². The van der Waals surface area contributed by atoms with Gasteiger partial charge in [0.25, 0.3) is 0 Å². The molecule has 0 aromatic heterocycles. The molecule has 114 valence electrons. The van der Waals surface area contributed by atoms with Gasteiger partial charge >= 0.3 is 5.97 Å². The highest BCUT2D eigenvalue weighted by atomic mass is 16.5. The third kappa shape index (κ3) is 2.68. The fourth-order valence-electron chi connectivity index (χ4n) is 2.54. The molecule has 1 aromatic rings. The van der Waals surface area contributed by atoms with Crippen molar-refractivity contribution in [3.05, 3.63) is 41.7 Å². The van der Waals surface area contributed by atoms with Crippen molar-refractivity contribution in [2.75, 3.05) is 25.2 Å². The van der Waals surface area contributed by atoms with Crippen LogP contribution in [0.25, 0.3) is 0 Å². The first kappa shape index (κ1) is 15.6. The molecule has 0 N–H and O–H groups in total. The number of rotatable bonds is 5.